The Morgan fingerprint density at radius 3 is 2.63 bits per heavy atom. The highest BCUT2D eigenvalue weighted by Gasteiger charge is 2.46. The number of nitrogen functional groups attached to an aromatic ring is 1. The van der Waals surface area contributed by atoms with Crippen LogP contribution in [0.5, 0.6) is 5.75 Å². The molecule has 0 radical (unpaired) electrons. The molecule has 1 aliphatic rings. The Labute approximate surface area is 218 Å². The number of para-hydroxylation sites is 1. The number of hydrogen-bond acceptors (Lipinski definition) is 11. The number of esters is 1. The molecule has 14 nitrogen and oxygen atoms in total. The molecule has 0 spiro atoms. The number of benzene rings is 1. The number of nitrogens with zero attached hydrogens (tertiary/aromatic N) is 4. The van der Waals surface area contributed by atoms with Crippen molar-refractivity contribution in [2.45, 2.75) is 57.5 Å². The maximum Gasteiger partial charge on any atom is 0.459 e. The first-order valence-corrected chi connectivity index (χ1v) is 13.5. The number of hydrogen-bond donors (Lipinski definition) is 4. The number of aliphatic hydroxyl groups excluding tert-OH is 2. The fraction of sp³-hybridized carbons (Fsp3) is 0.478. The minimum atomic E-state index is -4.20. The highest BCUT2D eigenvalue weighted by Crippen LogP contribution is 2.46. The Morgan fingerprint density at radius 1 is 1.24 bits per heavy atom. The van der Waals surface area contributed by atoms with Crippen molar-refractivity contribution in [3.05, 3.63) is 43.0 Å². The molecule has 1 fully saturated rings. The molecule has 1 aliphatic heterocycles. The molecule has 0 saturated carbocycles. The van der Waals surface area contributed by atoms with E-state index in [-0.39, 0.29) is 11.9 Å². The van der Waals surface area contributed by atoms with Crippen molar-refractivity contribution in [3.63, 3.8) is 0 Å². The van der Waals surface area contributed by atoms with Gasteiger partial charge in [0.05, 0.1) is 19.8 Å². The third-order valence-electron chi connectivity index (χ3n) is 5.79. The molecular formula is C23H32N6O8P+. The molecule has 4 rings (SSSR count). The second-order valence-electron chi connectivity index (χ2n) is 9.15. The molecule has 15 heteroatoms. The summed E-state index contributed by atoms with van der Waals surface area (Å²) >= 11 is 0. The summed E-state index contributed by atoms with van der Waals surface area (Å²) in [5.74, 6) is -0.0718. The lowest BCUT2D eigenvalue weighted by Gasteiger charge is -2.25. The zero-order chi connectivity index (χ0) is 27.6. The summed E-state index contributed by atoms with van der Waals surface area (Å²) in [6, 6.07) is 7.20. The monoisotopic (exact) mass is 551 g/mol. The van der Waals surface area contributed by atoms with Crippen molar-refractivity contribution < 1.29 is 42.7 Å². The molecule has 1 aromatic carbocycles. The number of rotatable bonds is 10. The van der Waals surface area contributed by atoms with Crippen molar-refractivity contribution in [1.29, 1.82) is 0 Å². The molecule has 38 heavy (non-hydrogen) atoms. The Balaban J connectivity index is 1.51. The van der Waals surface area contributed by atoms with Crippen molar-refractivity contribution in [2.75, 3.05) is 12.3 Å². The van der Waals surface area contributed by atoms with Gasteiger partial charge in [0.2, 0.25) is 12.0 Å². The molecule has 3 unspecified atom stereocenters. The molecule has 3 heterocycles. The van der Waals surface area contributed by atoms with Gasteiger partial charge < -0.3 is 29.9 Å². The van der Waals surface area contributed by atoms with Gasteiger partial charge in [-0.1, -0.05) is 23.2 Å². The smallest absolute Gasteiger partial charge is 0.459 e. The van der Waals surface area contributed by atoms with Crippen molar-refractivity contribution >= 4 is 30.7 Å². The quantitative estimate of drug-likeness (QED) is 0.156. The molecule has 3 aromatic rings. The molecule has 6 atom stereocenters. The number of carbonyl (C=O) groups excluding carboxylic acids is 1. The van der Waals surface area contributed by atoms with Crippen LogP contribution in [0.1, 0.15) is 27.0 Å². The average molecular weight is 552 g/mol. The summed E-state index contributed by atoms with van der Waals surface area (Å²) in [4.78, 5) is 20.9. The SMILES string of the molecule is CC(C)OC(=O)C(C)NP(=O)(OC[C@H]1O[C@@H](n2cnc3c(N)[n+](C)cnc32)C(O)[C@H]1O)Oc1ccccc1. The Hall–Kier alpha value is -3.13. The predicted octanol–water partition coefficient (Wildman–Crippen LogP) is 0.591. The predicted molar refractivity (Wildman–Crippen MR) is 133 cm³/mol. The van der Waals surface area contributed by atoms with E-state index in [0.29, 0.717) is 17.0 Å². The van der Waals surface area contributed by atoms with E-state index in [1.54, 1.807) is 55.8 Å². The number of nitrogens with two attached hydrogens (primary N) is 1. The molecule has 2 aromatic heterocycles. The summed E-state index contributed by atoms with van der Waals surface area (Å²) < 4.78 is 39.0. The third kappa shape index (κ3) is 5.96. The van der Waals surface area contributed by atoms with E-state index in [2.05, 4.69) is 15.1 Å². The summed E-state index contributed by atoms with van der Waals surface area (Å²) in [7, 11) is -2.48. The van der Waals surface area contributed by atoms with Crippen molar-refractivity contribution in [2.24, 2.45) is 7.05 Å². The standard InChI is InChI=1S/C23H31N6O8P/c1-13(2)35-23(32)14(3)27-38(33,37-15-8-6-5-7-9-15)34-10-16-18(30)19(31)22(36-16)29-12-25-17-20(24)28(4)11-26-21(17)29/h5-9,11-14,16,18-19,22,24,30-31H,10H2,1-4H3,(H,27,33)/p+1/t14?,16-,18+,19?,22-,38?/m1/s1. The van der Waals surface area contributed by atoms with Gasteiger partial charge in [-0.05, 0) is 32.9 Å². The van der Waals surface area contributed by atoms with Crippen molar-refractivity contribution in [3.8, 4) is 5.75 Å². The van der Waals surface area contributed by atoms with E-state index in [1.807, 2.05) is 0 Å². The van der Waals surface area contributed by atoms with E-state index in [9.17, 15) is 19.6 Å². The molecule has 206 valence electrons. The van der Waals surface area contributed by atoms with E-state index in [1.165, 1.54) is 24.1 Å². The highest BCUT2D eigenvalue weighted by molar-refractivity contribution is 7.52. The topological polar surface area (TPSA) is 184 Å². The van der Waals surface area contributed by atoms with Crippen LogP contribution in [-0.2, 0) is 30.4 Å². The van der Waals surface area contributed by atoms with Crippen molar-refractivity contribution in [1.82, 2.24) is 19.6 Å². The number of aromatic nitrogens is 4. The van der Waals surface area contributed by atoms with Crippen LogP contribution in [-0.4, -0.2) is 67.8 Å². The van der Waals surface area contributed by atoms with Crippen LogP contribution in [0.3, 0.4) is 0 Å². The van der Waals surface area contributed by atoms with E-state index >= 15 is 0 Å². The average Bonchev–Trinajstić information content (AvgIpc) is 3.41. The van der Waals surface area contributed by atoms with Crippen LogP contribution in [0.2, 0.25) is 0 Å². The lowest BCUT2D eigenvalue weighted by atomic mass is 10.1. The maximum atomic E-state index is 13.7. The Kier molecular flexibility index (Phi) is 8.31. The van der Waals surface area contributed by atoms with Gasteiger partial charge in [-0.3, -0.25) is 13.9 Å². The van der Waals surface area contributed by atoms with Crippen LogP contribution in [0.4, 0.5) is 5.82 Å². The maximum absolute atomic E-state index is 13.7. The number of ether oxygens (including phenoxy) is 2. The van der Waals surface area contributed by atoms with Crippen LogP contribution < -0.4 is 19.9 Å². The number of nitrogens with one attached hydrogen (secondary N) is 1. The second kappa shape index (κ2) is 11.3. The van der Waals surface area contributed by atoms with E-state index in [0.717, 1.165) is 0 Å². The minimum Gasteiger partial charge on any atom is -0.462 e. The van der Waals surface area contributed by atoms with Gasteiger partial charge in [-0.2, -0.15) is 5.09 Å². The first-order valence-electron chi connectivity index (χ1n) is 11.9. The molecule has 1 saturated heterocycles. The highest BCUT2D eigenvalue weighted by atomic mass is 31.2. The van der Waals surface area contributed by atoms with Gasteiger partial charge in [0.15, 0.2) is 11.7 Å². The van der Waals surface area contributed by atoms with Gasteiger partial charge in [0.25, 0.3) is 5.82 Å². The first-order chi connectivity index (χ1) is 18.0. The number of anilines is 1. The number of aryl methyl sites for hydroxylation is 1. The van der Waals surface area contributed by atoms with Crippen LogP contribution >= 0.6 is 7.75 Å². The number of aliphatic hydroxyl groups is 2. The summed E-state index contributed by atoms with van der Waals surface area (Å²) in [6.45, 7) is 4.39. The Morgan fingerprint density at radius 2 is 1.95 bits per heavy atom. The fourth-order valence-corrected chi connectivity index (χ4v) is 5.32. The van der Waals surface area contributed by atoms with Gasteiger partial charge in [0.1, 0.15) is 36.4 Å². The summed E-state index contributed by atoms with van der Waals surface area (Å²) in [6.07, 6.45) is -2.49. The van der Waals surface area contributed by atoms with E-state index in [4.69, 9.17) is 24.3 Å². The Bertz CT molecular complexity index is 1320. The van der Waals surface area contributed by atoms with Crippen LogP contribution in [0.15, 0.2) is 43.0 Å². The molecular weight excluding hydrogens is 519 g/mol. The number of carbonyl (C=O) groups is 1. The zero-order valence-electron chi connectivity index (χ0n) is 21.4. The molecule has 5 N–H and O–H groups in total. The molecule has 0 aliphatic carbocycles. The first kappa shape index (κ1) is 27.9. The van der Waals surface area contributed by atoms with Gasteiger partial charge in [-0.25, -0.2) is 14.1 Å². The number of fused-ring (bicyclic) bond motifs is 1. The van der Waals surface area contributed by atoms with Gasteiger partial charge >= 0.3 is 13.7 Å². The molecule has 0 amide bonds. The largest absolute Gasteiger partial charge is 0.462 e. The summed E-state index contributed by atoms with van der Waals surface area (Å²) in [5, 5.41) is 24.0. The third-order valence-corrected chi connectivity index (χ3v) is 7.43. The lowest BCUT2D eigenvalue weighted by molar-refractivity contribution is -0.658. The van der Waals surface area contributed by atoms with Crippen LogP contribution in [0, 0.1) is 0 Å². The summed E-state index contributed by atoms with van der Waals surface area (Å²) in [5.41, 5.74) is 6.79. The fourth-order valence-electron chi connectivity index (χ4n) is 3.82. The normalized spacial score (nSPS) is 23.9. The minimum absolute atomic E-state index is 0.222. The lowest BCUT2D eigenvalue weighted by Crippen LogP contribution is -2.38. The zero-order valence-corrected chi connectivity index (χ0v) is 22.3. The molecule has 0 bridgehead atoms. The van der Waals surface area contributed by atoms with E-state index < -0.39 is 50.9 Å². The van der Waals surface area contributed by atoms with Gasteiger partial charge in [-0.15, -0.1) is 0 Å². The second-order valence-corrected chi connectivity index (χ2v) is 10.8. The number of imidazole rings is 1. The van der Waals surface area contributed by atoms with Gasteiger partial charge in [0, 0.05) is 0 Å². The van der Waals surface area contributed by atoms with Crippen LogP contribution in [0.25, 0.3) is 11.2 Å².